The van der Waals surface area contributed by atoms with E-state index in [-0.39, 0.29) is 12.0 Å². The van der Waals surface area contributed by atoms with Crippen LogP contribution in [-0.2, 0) is 4.79 Å². The number of rotatable bonds is 5. The molecule has 0 bridgehead atoms. The first-order valence-corrected chi connectivity index (χ1v) is 6.33. The second-order valence-electron chi connectivity index (χ2n) is 5.20. The van der Waals surface area contributed by atoms with Gasteiger partial charge in [-0.05, 0) is 44.5 Å². The van der Waals surface area contributed by atoms with Crippen molar-refractivity contribution in [3.63, 3.8) is 0 Å². The van der Waals surface area contributed by atoms with Crippen molar-refractivity contribution < 1.29 is 9.90 Å². The van der Waals surface area contributed by atoms with E-state index in [1.165, 1.54) is 16.7 Å². The van der Waals surface area contributed by atoms with E-state index in [1.54, 1.807) is 6.92 Å². The third-order valence-electron chi connectivity index (χ3n) is 3.66. The van der Waals surface area contributed by atoms with Crippen LogP contribution in [0.3, 0.4) is 0 Å². The maximum Gasteiger partial charge on any atom is 0.307 e. The Morgan fingerprint density at radius 3 is 2.39 bits per heavy atom. The molecule has 0 saturated carbocycles. The molecule has 100 valence electrons. The standard InChI is InChI=1S/C15H23NO2/c1-10-6-7-14(8-11(10)2)13(4)16(5)9-12(3)15(17)18/h6-8,12-13H,9H2,1-5H3,(H,17,18). The molecule has 0 amide bonds. The van der Waals surface area contributed by atoms with Gasteiger partial charge < -0.3 is 5.11 Å². The van der Waals surface area contributed by atoms with Crippen LogP contribution in [0.4, 0.5) is 0 Å². The monoisotopic (exact) mass is 249 g/mol. The molecule has 2 unspecified atom stereocenters. The lowest BCUT2D eigenvalue weighted by Gasteiger charge is -2.27. The third kappa shape index (κ3) is 3.57. The first kappa shape index (κ1) is 14.7. The van der Waals surface area contributed by atoms with E-state index in [1.807, 2.05) is 7.05 Å². The largest absolute Gasteiger partial charge is 0.481 e. The van der Waals surface area contributed by atoms with Gasteiger partial charge in [-0.2, -0.15) is 0 Å². The highest BCUT2D eigenvalue weighted by molar-refractivity contribution is 5.69. The van der Waals surface area contributed by atoms with Crippen LogP contribution >= 0.6 is 0 Å². The molecule has 1 rings (SSSR count). The molecule has 0 aliphatic rings. The molecule has 0 heterocycles. The number of hydrogen-bond donors (Lipinski definition) is 1. The number of carboxylic acids is 1. The van der Waals surface area contributed by atoms with Crippen molar-refractivity contribution in [2.75, 3.05) is 13.6 Å². The number of aryl methyl sites for hydroxylation is 2. The second-order valence-corrected chi connectivity index (χ2v) is 5.20. The molecule has 1 N–H and O–H groups in total. The molecule has 0 fully saturated rings. The summed E-state index contributed by atoms with van der Waals surface area (Å²) in [5.41, 5.74) is 3.80. The fourth-order valence-corrected chi connectivity index (χ4v) is 1.95. The zero-order valence-electron chi connectivity index (χ0n) is 11.9. The Morgan fingerprint density at radius 1 is 1.28 bits per heavy atom. The second kappa shape index (κ2) is 6.01. The summed E-state index contributed by atoms with van der Waals surface area (Å²) in [7, 11) is 1.97. The Balaban J connectivity index is 2.76. The summed E-state index contributed by atoms with van der Waals surface area (Å²) in [4.78, 5) is 13.0. The van der Waals surface area contributed by atoms with Crippen LogP contribution in [0.15, 0.2) is 18.2 Å². The Morgan fingerprint density at radius 2 is 1.89 bits per heavy atom. The number of carbonyl (C=O) groups is 1. The Bertz CT molecular complexity index is 429. The summed E-state index contributed by atoms with van der Waals surface area (Å²) in [6, 6.07) is 6.65. The van der Waals surface area contributed by atoms with E-state index in [0.717, 1.165) is 0 Å². The number of carboxylic acid groups (broad SMARTS) is 1. The summed E-state index contributed by atoms with van der Waals surface area (Å²) in [5.74, 6) is -1.09. The SMILES string of the molecule is Cc1ccc(C(C)N(C)CC(C)C(=O)O)cc1C. The first-order valence-electron chi connectivity index (χ1n) is 6.33. The van der Waals surface area contributed by atoms with Crippen molar-refractivity contribution in [3.05, 3.63) is 34.9 Å². The molecule has 3 nitrogen and oxygen atoms in total. The minimum absolute atomic E-state index is 0.228. The van der Waals surface area contributed by atoms with Gasteiger partial charge in [-0.15, -0.1) is 0 Å². The first-order chi connectivity index (χ1) is 8.32. The molecule has 18 heavy (non-hydrogen) atoms. The van der Waals surface area contributed by atoms with Crippen LogP contribution in [0.2, 0.25) is 0 Å². The van der Waals surface area contributed by atoms with E-state index in [9.17, 15) is 4.79 Å². The predicted molar refractivity (Wildman–Crippen MR) is 73.8 cm³/mol. The Hall–Kier alpha value is -1.35. The van der Waals surface area contributed by atoms with Gasteiger partial charge in [0.05, 0.1) is 5.92 Å². The summed E-state index contributed by atoms with van der Waals surface area (Å²) in [5, 5.41) is 8.94. The lowest BCUT2D eigenvalue weighted by Crippen LogP contribution is -2.30. The van der Waals surface area contributed by atoms with E-state index < -0.39 is 5.97 Å². The maximum absolute atomic E-state index is 10.9. The minimum Gasteiger partial charge on any atom is -0.481 e. The summed E-state index contributed by atoms with van der Waals surface area (Å²) in [6.45, 7) is 8.61. The molecule has 1 aromatic rings. The van der Waals surface area contributed by atoms with Crippen LogP contribution in [0.5, 0.6) is 0 Å². The molecule has 0 aromatic heterocycles. The molecule has 3 heteroatoms. The quantitative estimate of drug-likeness (QED) is 0.872. The van der Waals surface area contributed by atoms with Gasteiger partial charge in [0.2, 0.25) is 0 Å². The lowest BCUT2D eigenvalue weighted by atomic mass is 10.0. The van der Waals surface area contributed by atoms with Crippen molar-refractivity contribution in [1.29, 1.82) is 0 Å². The molecule has 1 aromatic carbocycles. The molecule has 0 saturated heterocycles. The topological polar surface area (TPSA) is 40.5 Å². The molecule has 0 aliphatic heterocycles. The van der Waals surface area contributed by atoms with Gasteiger partial charge in [-0.3, -0.25) is 9.69 Å². The average Bonchev–Trinajstić information content (AvgIpc) is 2.31. The molecular formula is C15H23NO2. The van der Waals surface area contributed by atoms with Crippen LogP contribution in [-0.4, -0.2) is 29.6 Å². The van der Waals surface area contributed by atoms with Gasteiger partial charge in [-0.1, -0.05) is 25.1 Å². The molecule has 0 aliphatic carbocycles. The minimum atomic E-state index is -0.742. The average molecular weight is 249 g/mol. The predicted octanol–water partition coefficient (Wildman–Crippen LogP) is 3.02. The maximum atomic E-state index is 10.9. The van der Waals surface area contributed by atoms with Crippen molar-refractivity contribution in [2.24, 2.45) is 5.92 Å². The third-order valence-corrected chi connectivity index (χ3v) is 3.66. The fourth-order valence-electron chi connectivity index (χ4n) is 1.95. The zero-order valence-corrected chi connectivity index (χ0v) is 11.9. The van der Waals surface area contributed by atoms with Crippen molar-refractivity contribution in [1.82, 2.24) is 4.90 Å². The van der Waals surface area contributed by atoms with E-state index in [0.29, 0.717) is 6.54 Å². The smallest absolute Gasteiger partial charge is 0.307 e. The van der Waals surface area contributed by atoms with Gasteiger partial charge in [0.15, 0.2) is 0 Å². The molecular weight excluding hydrogens is 226 g/mol. The van der Waals surface area contributed by atoms with Gasteiger partial charge >= 0.3 is 5.97 Å². The molecule has 2 atom stereocenters. The summed E-state index contributed by atoms with van der Waals surface area (Å²) >= 11 is 0. The van der Waals surface area contributed by atoms with E-state index in [4.69, 9.17) is 5.11 Å². The lowest BCUT2D eigenvalue weighted by molar-refractivity contribution is -0.141. The number of benzene rings is 1. The van der Waals surface area contributed by atoms with Gasteiger partial charge in [0, 0.05) is 12.6 Å². The van der Waals surface area contributed by atoms with Gasteiger partial charge in [0.25, 0.3) is 0 Å². The molecule has 0 spiro atoms. The van der Waals surface area contributed by atoms with E-state index in [2.05, 4.69) is 43.9 Å². The van der Waals surface area contributed by atoms with Crippen molar-refractivity contribution >= 4 is 5.97 Å². The Kier molecular flexibility index (Phi) is 4.91. The summed E-state index contributed by atoms with van der Waals surface area (Å²) in [6.07, 6.45) is 0. The number of aliphatic carboxylic acids is 1. The fraction of sp³-hybridized carbons (Fsp3) is 0.533. The normalized spacial score (nSPS) is 14.6. The highest BCUT2D eigenvalue weighted by Gasteiger charge is 2.18. The van der Waals surface area contributed by atoms with Crippen LogP contribution in [0.1, 0.15) is 36.6 Å². The Labute approximate surface area is 109 Å². The van der Waals surface area contributed by atoms with E-state index >= 15 is 0 Å². The summed E-state index contributed by atoms with van der Waals surface area (Å²) < 4.78 is 0. The van der Waals surface area contributed by atoms with Crippen LogP contribution < -0.4 is 0 Å². The van der Waals surface area contributed by atoms with Crippen LogP contribution in [0.25, 0.3) is 0 Å². The van der Waals surface area contributed by atoms with Gasteiger partial charge in [-0.25, -0.2) is 0 Å². The highest BCUT2D eigenvalue weighted by atomic mass is 16.4. The number of nitrogens with zero attached hydrogens (tertiary/aromatic N) is 1. The number of hydrogen-bond acceptors (Lipinski definition) is 2. The molecule has 0 radical (unpaired) electrons. The van der Waals surface area contributed by atoms with Crippen molar-refractivity contribution in [2.45, 2.75) is 33.7 Å². The zero-order chi connectivity index (χ0) is 13.9. The van der Waals surface area contributed by atoms with Crippen molar-refractivity contribution in [3.8, 4) is 0 Å². The highest BCUT2D eigenvalue weighted by Crippen LogP contribution is 2.22. The van der Waals surface area contributed by atoms with Crippen LogP contribution in [0, 0.1) is 19.8 Å². The van der Waals surface area contributed by atoms with Gasteiger partial charge in [0.1, 0.15) is 0 Å².